The van der Waals surface area contributed by atoms with Crippen molar-refractivity contribution in [3.63, 3.8) is 0 Å². The molecule has 21 heavy (non-hydrogen) atoms. The van der Waals surface area contributed by atoms with E-state index in [0.29, 0.717) is 17.3 Å². The lowest BCUT2D eigenvalue weighted by molar-refractivity contribution is -0.118. The highest BCUT2D eigenvalue weighted by atomic mass is 16.5. The van der Waals surface area contributed by atoms with E-state index in [2.05, 4.69) is 27.6 Å². The maximum atomic E-state index is 12.2. The number of fused-ring (bicyclic) bond motifs is 1. The highest BCUT2D eigenvalue weighted by Crippen LogP contribution is 2.25. The van der Waals surface area contributed by atoms with E-state index in [4.69, 9.17) is 4.74 Å². The van der Waals surface area contributed by atoms with Crippen LogP contribution in [0.4, 0.5) is 5.82 Å². The summed E-state index contributed by atoms with van der Waals surface area (Å²) in [6, 6.07) is 3.45. The third-order valence-corrected chi connectivity index (χ3v) is 3.76. The number of pyridine rings is 1. The first kappa shape index (κ1) is 13.8. The van der Waals surface area contributed by atoms with Gasteiger partial charge in [-0.3, -0.25) is 9.59 Å². The highest BCUT2D eigenvalue weighted by Gasteiger charge is 2.22. The largest absolute Gasteiger partial charge is 0.480 e. The molecule has 0 aromatic carbocycles. The van der Waals surface area contributed by atoms with Crippen molar-refractivity contribution in [3.8, 4) is 5.75 Å². The van der Waals surface area contributed by atoms with Gasteiger partial charge in [0.25, 0.3) is 11.8 Å². The van der Waals surface area contributed by atoms with Gasteiger partial charge in [0, 0.05) is 6.04 Å². The van der Waals surface area contributed by atoms with Gasteiger partial charge in [-0.15, -0.1) is 0 Å². The molecule has 0 unspecified atom stereocenters. The number of piperidine rings is 1. The summed E-state index contributed by atoms with van der Waals surface area (Å²) >= 11 is 0. The number of ether oxygens (including phenoxy) is 1. The third kappa shape index (κ3) is 3.13. The smallest absolute Gasteiger partial charge is 0.270 e. The van der Waals surface area contributed by atoms with Crippen molar-refractivity contribution in [2.75, 3.05) is 32.1 Å². The molecule has 0 radical (unpaired) electrons. The Morgan fingerprint density at radius 2 is 2.19 bits per heavy atom. The first-order valence-corrected chi connectivity index (χ1v) is 7.05. The van der Waals surface area contributed by atoms with Gasteiger partial charge in [0.1, 0.15) is 5.69 Å². The zero-order valence-corrected chi connectivity index (χ0v) is 11.9. The molecule has 1 fully saturated rings. The maximum Gasteiger partial charge on any atom is 0.270 e. The predicted molar refractivity (Wildman–Crippen MR) is 76.3 cm³/mol. The van der Waals surface area contributed by atoms with Crippen LogP contribution in [0.3, 0.4) is 0 Å². The van der Waals surface area contributed by atoms with Gasteiger partial charge in [-0.25, -0.2) is 4.98 Å². The number of amides is 2. The van der Waals surface area contributed by atoms with E-state index in [1.54, 1.807) is 12.1 Å². The number of nitrogens with zero attached hydrogens (tertiary/aromatic N) is 2. The first-order valence-electron chi connectivity index (χ1n) is 7.05. The number of hydrogen-bond donors (Lipinski definition) is 2. The average Bonchev–Trinajstić information content (AvgIpc) is 2.48. The van der Waals surface area contributed by atoms with Crippen LogP contribution in [0.2, 0.25) is 0 Å². The Balaban J connectivity index is 1.67. The molecule has 0 atom stereocenters. The number of carbonyl (C=O) groups excluding carboxylic acids is 2. The fourth-order valence-corrected chi connectivity index (χ4v) is 2.50. The van der Waals surface area contributed by atoms with Crippen LogP contribution < -0.4 is 15.4 Å². The Hall–Kier alpha value is -2.15. The summed E-state index contributed by atoms with van der Waals surface area (Å²) in [7, 11) is 2.08. The number of aromatic nitrogens is 1. The second-order valence-corrected chi connectivity index (χ2v) is 5.43. The third-order valence-electron chi connectivity index (χ3n) is 3.76. The fourth-order valence-electron chi connectivity index (χ4n) is 2.50. The lowest BCUT2D eigenvalue weighted by Gasteiger charge is -2.29. The van der Waals surface area contributed by atoms with Crippen LogP contribution in [0.25, 0.3) is 0 Å². The van der Waals surface area contributed by atoms with Gasteiger partial charge >= 0.3 is 0 Å². The molecule has 0 spiro atoms. The second-order valence-electron chi connectivity index (χ2n) is 5.43. The van der Waals surface area contributed by atoms with Crippen molar-refractivity contribution in [2.24, 2.45) is 0 Å². The quantitative estimate of drug-likeness (QED) is 0.815. The summed E-state index contributed by atoms with van der Waals surface area (Å²) in [6.07, 6.45) is 1.88. The molecular weight excluding hydrogens is 272 g/mol. The lowest BCUT2D eigenvalue weighted by atomic mass is 10.1. The van der Waals surface area contributed by atoms with Gasteiger partial charge < -0.3 is 20.3 Å². The standard InChI is InChI=1S/C14H18N4O3/c1-18-6-4-9(5-7-18)15-14(20)10-2-3-11-13(16-10)17-12(19)8-21-11/h2-3,9H,4-8H2,1H3,(H,15,20)(H,16,17,19). The molecule has 0 aliphatic carbocycles. The van der Waals surface area contributed by atoms with Gasteiger partial charge in [0.2, 0.25) is 0 Å². The van der Waals surface area contributed by atoms with Crippen molar-refractivity contribution in [1.29, 1.82) is 0 Å². The summed E-state index contributed by atoms with van der Waals surface area (Å²) in [5.74, 6) is 0.322. The molecule has 1 saturated heterocycles. The molecule has 2 amide bonds. The zero-order valence-electron chi connectivity index (χ0n) is 11.9. The van der Waals surface area contributed by atoms with Gasteiger partial charge in [0.05, 0.1) is 0 Å². The van der Waals surface area contributed by atoms with Crippen LogP contribution in [0.1, 0.15) is 23.3 Å². The summed E-state index contributed by atoms with van der Waals surface area (Å²) in [5, 5.41) is 5.59. The molecule has 0 saturated carbocycles. The van der Waals surface area contributed by atoms with E-state index in [0.717, 1.165) is 25.9 Å². The Bertz CT molecular complexity index is 567. The molecule has 3 rings (SSSR count). The molecule has 7 heteroatoms. The van der Waals surface area contributed by atoms with Crippen molar-refractivity contribution < 1.29 is 14.3 Å². The van der Waals surface area contributed by atoms with Gasteiger partial charge in [-0.2, -0.15) is 0 Å². The van der Waals surface area contributed by atoms with Crippen molar-refractivity contribution >= 4 is 17.6 Å². The lowest BCUT2D eigenvalue weighted by Crippen LogP contribution is -2.43. The zero-order chi connectivity index (χ0) is 14.8. The van der Waals surface area contributed by atoms with Gasteiger partial charge in [-0.05, 0) is 45.1 Å². The van der Waals surface area contributed by atoms with Crippen molar-refractivity contribution in [3.05, 3.63) is 17.8 Å². The summed E-state index contributed by atoms with van der Waals surface area (Å²) in [4.78, 5) is 29.9. The van der Waals surface area contributed by atoms with Crippen LogP contribution >= 0.6 is 0 Å². The van der Waals surface area contributed by atoms with E-state index in [-0.39, 0.29) is 24.5 Å². The Morgan fingerprint density at radius 1 is 1.43 bits per heavy atom. The number of rotatable bonds is 2. The molecule has 3 heterocycles. The molecule has 112 valence electrons. The van der Waals surface area contributed by atoms with Crippen molar-refractivity contribution in [1.82, 2.24) is 15.2 Å². The monoisotopic (exact) mass is 290 g/mol. The molecule has 1 aromatic heterocycles. The summed E-state index contributed by atoms with van der Waals surface area (Å²) in [6.45, 7) is 1.94. The molecule has 1 aromatic rings. The normalized spacial score (nSPS) is 19.4. The number of nitrogens with one attached hydrogen (secondary N) is 2. The molecule has 0 bridgehead atoms. The van der Waals surface area contributed by atoms with Gasteiger partial charge in [-0.1, -0.05) is 0 Å². The van der Waals surface area contributed by atoms with Crippen molar-refractivity contribution in [2.45, 2.75) is 18.9 Å². The van der Waals surface area contributed by atoms with Gasteiger partial charge in [0.15, 0.2) is 18.2 Å². The Kier molecular flexibility index (Phi) is 3.74. The Labute approximate surface area is 122 Å². The highest BCUT2D eigenvalue weighted by molar-refractivity contribution is 5.97. The van der Waals surface area contributed by atoms with Crippen LogP contribution in [-0.4, -0.2) is 54.5 Å². The molecule has 2 aliphatic rings. The molecule has 2 N–H and O–H groups in total. The molecular formula is C14H18N4O3. The fraction of sp³-hybridized carbons (Fsp3) is 0.500. The van der Waals surface area contributed by atoms with E-state index in [1.165, 1.54) is 0 Å². The minimum Gasteiger partial charge on any atom is -0.480 e. The van der Waals surface area contributed by atoms with E-state index < -0.39 is 0 Å². The minimum absolute atomic E-state index is 0.0180. The topological polar surface area (TPSA) is 83.6 Å². The van der Waals surface area contributed by atoms with Crippen LogP contribution in [-0.2, 0) is 4.79 Å². The number of likely N-dealkylation sites (tertiary alicyclic amines) is 1. The number of hydrogen-bond acceptors (Lipinski definition) is 5. The average molecular weight is 290 g/mol. The SMILES string of the molecule is CN1CCC(NC(=O)c2ccc3c(n2)NC(=O)CO3)CC1. The maximum absolute atomic E-state index is 12.2. The number of anilines is 1. The predicted octanol–water partition coefficient (Wildman–Crippen LogP) is 0.236. The van der Waals surface area contributed by atoms with E-state index in [9.17, 15) is 9.59 Å². The van der Waals surface area contributed by atoms with Crippen LogP contribution in [0.5, 0.6) is 5.75 Å². The minimum atomic E-state index is -0.261. The van der Waals surface area contributed by atoms with Crippen LogP contribution in [0, 0.1) is 0 Å². The summed E-state index contributed by atoms with van der Waals surface area (Å²) < 4.78 is 5.22. The molecule has 7 nitrogen and oxygen atoms in total. The van der Waals surface area contributed by atoms with E-state index in [1.807, 2.05) is 0 Å². The first-order chi connectivity index (χ1) is 10.1. The molecule has 2 aliphatic heterocycles. The number of carbonyl (C=O) groups is 2. The second kappa shape index (κ2) is 5.69. The summed E-state index contributed by atoms with van der Waals surface area (Å²) in [5.41, 5.74) is 0.290. The van der Waals surface area contributed by atoms with Crippen LogP contribution in [0.15, 0.2) is 12.1 Å². The Morgan fingerprint density at radius 3 is 2.95 bits per heavy atom. The van der Waals surface area contributed by atoms with E-state index >= 15 is 0 Å².